The summed E-state index contributed by atoms with van der Waals surface area (Å²) in [4.78, 5) is 26.1. The molecule has 1 aliphatic heterocycles. The van der Waals surface area contributed by atoms with Gasteiger partial charge in [-0.3, -0.25) is 9.69 Å². The lowest BCUT2D eigenvalue weighted by Crippen LogP contribution is -2.29. The van der Waals surface area contributed by atoms with Crippen LogP contribution in [0.4, 0.5) is 10.1 Å². The van der Waals surface area contributed by atoms with E-state index in [4.69, 9.17) is 0 Å². The first-order chi connectivity index (χ1) is 13.0. The number of rotatable bonds is 4. The molecule has 0 spiro atoms. The smallest absolute Gasteiger partial charge is 0.335 e. The Hall–Kier alpha value is -2.34. The van der Waals surface area contributed by atoms with E-state index >= 15 is 0 Å². The van der Waals surface area contributed by atoms with Crippen molar-refractivity contribution >= 4 is 29.3 Å². The number of benzene rings is 2. The molecule has 2 aromatic carbocycles. The second-order valence-corrected chi connectivity index (χ2v) is 8.15. The summed E-state index contributed by atoms with van der Waals surface area (Å²) in [6, 6.07) is 9.56. The van der Waals surface area contributed by atoms with Crippen molar-refractivity contribution in [2.75, 3.05) is 10.7 Å². The van der Waals surface area contributed by atoms with Crippen LogP contribution in [-0.4, -0.2) is 22.7 Å². The van der Waals surface area contributed by atoms with Crippen molar-refractivity contribution in [3.05, 3.63) is 64.5 Å². The number of aromatic carboxylic acids is 1. The Morgan fingerprint density at radius 1 is 1.19 bits per heavy atom. The number of carbonyl (C=O) groups excluding carboxylic acids is 1. The van der Waals surface area contributed by atoms with Crippen LogP contribution < -0.4 is 4.90 Å². The van der Waals surface area contributed by atoms with Gasteiger partial charge in [0.05, 0.1) is 11.3 Å². The number of nitrogens with zero attached hydrogens (tertiary/aromatic N) is 1. The number of halogens is 1. The topological polar surface area (TPSA) is 57.6 Å². The Labute approximate surface area is 161 Å². The van der Waals surface area contributed by atoms with Crippen LogP contribution in [0.3, 0.4) is 0 Å². The number of carboxylic acid groups (broad SMARTS) is 1. The minimum absolute atomic E-state index is 0.0138. The van der Waals surface area contributed by atoms with Crippen molar-refractivity contribution in [2.24, 2.45) is 0 Å². The maximum atomic E-state index is 13.3. The zero-order chi connectivity index (χ0) is 19.1. The van der Waals surface area contributed by atoms with Crippen molar-refractivity contribution in [1.82, 2.24) is 0 Å². The minimum Gasteiger partial charge on any atom is -0.478 e. The summed E-state index contributed by atoms with van der Waals surface area (Å²) in [5.41, 5.74) is 3.67. The zero-order valence-electron chi connectivity index (χ0n) is 14.9. The molecular weight excluding hydrogens is 365 g/mol. The second kappa shape index (κ2) is 7.00. The molecule has 2 aliphatic rings. The lowest BCUT2D eigenvalue weighted by Gasteiger charge is -2.32. The van der Waals surface area contributed by atoms with Crippen LogP contribution in [0.25, 0.3) is 0 Å². The van der Waals surface area contributed by atoms with Gasteiger partial charge in [-0.15, -0.1) is 11.8 Å². The summed E-state index contributed by atoms with van der Waals surface area (Å²) in [6.07, 6.45) is 3.06. The number of hydrogen-bond donors (Lipinski definition) is 1. The number of carboxylic acids is 1. The van der Waals surface area contributed by atoms with E-state index in [0.717, 1.165) is 41.6 Å². The third-order valence-corrected chi connectivity index (χ3v) is 6.72. The Bertz CT molecular complexity index is 908. The Morgan fingerprint density at radius 3 is 2.48 bits per heavy atom. The molecule has 1 amide bonds. The van der Waals surface area contributed by atoms with Gasteiger partial charge < -0.3 is 5.11 Å². The third kappa shape index (κ3) is 3.12. The highest BCUT2D eigenvalue weighted by atomic mass is 32.2. The maximum absolute atomic E-state index is 13.3. The molecule has 140 valence electrons. The lowest BCUT2D eigenvalue weighted by molar-refractivity contribution is -0.115. The van der Waals surface area contributed by atoms with E-state index in [2.05, 4.69) is 0 Å². The molecule has 1 heterocycles. The van der Waals surface area contributed by atoms with Crippen molar-refractivity contribution in [3.8, 4) is 0 Å². The number of amides is 1. The van der Waals surface area contributed by atoms with E-state index in [9.17, 15) is 19.1 Å². The van der Waals surface area contributed by atoms with Crippen molar-refractivity contribution < 1.29 is 19.1 Å². The Balaban J connectivity index is 1.79. The molecule has 0 radical (unpaired) electrons. The largest absolute Gasteiger partial charge is 0.478 e. The highest BCUT2D eigenvalue weighted by Crippen LogP contribution is 2.47. The van der Waals surface area contributed by atoms with Crippen LogP contribution in [0.5, 0.6) is 0 Å². The van der Waals surface area contributed by atoms with Gasteiger partial charge in [0, 0.05) is 5.69 Å². The molecule has 27 heavy (non-hydrogen) atoms. The van der Waals surface area contributed by atoms with Gasteiger partial charge in [-0.05, 0) is 66.6 Å². The standard InChI is InChI=1S/C21H20FNO3S/c1-12-17(10-9-16(21(25)26)19(12)13-3-2-4-13)23-18(24)11-27-20(23)14-5-7-15(22)8-6-14/h5-10,13,20H,2-4,11H2,1H3,(H,25,26). The molecule has 1 aliphatic carbocycles. The fourth-order valence-corrected chi connectivity index (χ4v) is 5.12. The quantitative estimate of drug-likeness (QED) is 0.815. The zero-order valence-corrected chi connectivity index (χ0v) is 15.8. The van der Waals surface area contributed by atoms with E-state index in [1.54, 1.807) is 29.2 Å². The summed E-state index contributed by atoms with van der Waals surface area (Å²) < 4.78 is 13.3. The van der Waals surface area contributed by atoms with Crippen molar-refractivity contribution in [2.45, 2.75) is 37.5 Å². The van der Waals surface area contributed by atoms with Crippen molar-refractivity contribution in [3.63, 3.8) is 0 Å². The molecule has 1 unspecified atom stereocenters. The first-order valence-electron chi connectivity index (χ1n) is 9.03. The highest BCUT2D eigenvalue weighted by Gasteiger charge is 2.37. The van der Waals surface area contributed by atoms with Crippen LogP contribution in [-0.2, 0) is 4.79 Å². The number of anilines is 1. The molecule has 4 rings (SSSR count). The molecule has 1 saturated heterocycles. The predicted molar refractivity (Wildman–Crippen MR) is 104 cm³/mol. The van der Waals surface area contributed by atoms with Gasteiger partial charge in [0.2, 0.25) is 5.91 Å². The van der Waals surface area contributed by atoms with E-state index in [0.29, 0.717) is 11.3 Å². The lowest BCUT2D eigenvalue weighted by atomic mass is 9.76. The highest BCUT2D eigenvalue weighted by molar-refractivity contribution is 8.00. The van der Waals surface area contributed by atoms with Gasteiger partial charge in [-0.2, -0.15) is 0 Å². The fourth-order valence-electron chi connectivity index (χ4n) is 3.95. The Kier molecular flexibility index (Phi) is 4.68. The van der Waals surface area contributed by atoms with Gasteiger partial charge in [0.1, 0.15) is 11.2 Å². The predicted octanol–water partition coefficient (Wildman–Crippen LogP) is 4.88. The van der Waals surface area contributed by atoms with Gasteiger partial charge >= 0.3 is 5.97 Å². The maximum Gasteiger partial charge on any atom is 0.335 e. The molecule has 4 nitrogen and oxygen atoms in total. The normalized spacial score (nSPS) is 20.0. The van der Waals surface area contributed by atoms with E-state index in [1.807, 2.05) is 6.92 Å². The van der Waals surface area contributed by atoms with E-state index < -0.39 is 5.97 Å². The van der Waals surface area contributed by atoms with Crippen LogP contribution in [0.15, 0.2) is 36.4 Å². The monoisotopic (exact) mass is 385 g/mol. The second-order valence-electron chi connectivity index (χ2n) is 7.08. The summed E-state index contributed by atoms with van der Waals surface area (Å²) in [6.45, 7) is 1.91. The van der Waals surface area contributed by atoms with Gasteiger partial charge in [-0.1, -0.05) is 18.6 Å². The molecular formula is C21H20FNO3S. The fraction of sp³-hybridized carbons (Fsp3) is 0.333. The first-order valence-corrected chi connectivity index (χ1v) is 10.1. The summed E-state index contributed by atoms with van der Waals surface area (Å²) in [7, 11) is 0. The third-order valence-electron chi connectivity index (χ3n) is 5.51. The SMILES string of the molecule is Cc1c(N2C(=O)CSC2c2ccc(F)cc2)ccc(C(=O)O)c1C1CCC1. The molecule has 1 atom stereocenters. The minimum atomic E-state index is -0.927. The van der Waals surface area contributed by atoms with Crippen LogP contribution in [0, 0.1) is 12.7 Å². The van der Waals surface area contributed by atoms with Gasteiger partial charge in [0.15, 0.2) is 0 Å². The molecule has 6 heteroatoms. The molecule has 1 saturated carbocycles. The molecule has 1 N–H and O–H groups in total. The summed E-state index contributed by atoms with van der Waals surface area (Å²) in [5, 5.41) is 9.37. The van der Waals surface area contributed by atoms with E-state index in [1.165, 1.54) is 23.9 Å². The number of thioether (sulfide) groups is 1. The van der Waals surface area contributed by atoms with Crippen LogP contribution in [0.1, 0.15) is 57.6 Å². The van der Waals surface area contributed by atoms with Crippen LogP contribution in [0.2, 0.25) is 0 Å². The Morgan fingerprint density at radius 2 is 1.89 bits per heavy atom. The summed E-state index contributed by atoms with van der Waals surface area (Å²) in [5.74, 6) is -0.663. The number of hydrogen-bond acceptors (Lipinski definition) is 3. The van der Waals surface area contributed by atoms with Gasteiger partial charge in [0.25, 0.3) is 0 Å². The molecule has 0 bridgehead atoms. The average Bonchev–Trinajstić information content (AvgIpc) is 2.97. The van der Waals surface area contributed by atoms with E-state index in [-0.39, 0.29) is 23.0 Å². The summed E-state index contributed by atoms with van der Waals surface area (Å²) >= 11 is 1.50. The van der Waals surface area contributed by atoms with Crippen molar-refractivity contribution in [1.29, 1.82) is 0 Å². The first kappa shape index (κ1) is 18.0. The molecule has 0 aromatic heterocycles. The molecule has 2 aromatic rings. The van der Waals surface area contributed by atoms with Gasteiger partial charge in [-0.25, -0.2) is 9.18 Å². The number of carbonyl (C=O) groups is 2. The van der Waals surface area contributed by atoms with Crippen LogP contribution >= 0.6 is 11.8 Å². The molecule has 2 fully saturated rings. The average molecular weight is 385 g/mol.